The highest BCUT2D eigenvalue weighted by atomic mass is 35.5. The van der Waals surface area contributed by atoms with E-state index in [1.807, 2.05) is 0 Å². The number of alkyl halides is 1. The van der Waals surface area contributed by atoms with Crippen LogP contribution in [0.5, 0.6) is 0 Å². The van der Waals surface area contributed by atoms with E-state index in [1.54, 1.807) is 0 Å². The van der Waals surface area contributed by atoms with Crippen LogP contribution in [0, 0.1) is 0 Å². The molecule has 94 valence electrons. The summed E-state index contributed by atoms with van der Waals surface area (Å²) < 4.78 is 12.9. The van der Waals surface area contributed by atoms with E-state index in [9.17, 15) is 9.18 Å². The lowest BCUT2D eigenvalue weighted by Crippen LogP contribution is -2.45. The van der Waals surface area contributed by atoms with Crippen molar-refractivity contribution in [1.82, 2.24) is 10.6 Å². The van der Waals surface area contributed by atoms with Crippen molar-refractivity contribution in [3.8, 4) is 0 Å². The molecule has 1 aliphatic heterocycles. The molecule has 1 saturated heterocycles. The Kier molecular flexibility index (Phi) is 5.49. The fourth-order valence-electron chi connectivity index (χ4n) is 2.44. The monoisotopic (exact) mass is 250 g/mol. The van der Waals surface area contributed by atoms with Crippen molar-refractivity contribution in [2.45, 2.75) is 56.8 Å². The number of hydrogen-bond donors (Lipinski definition) is 2. The summed E-state index contributed by atoms with van der Waals surface area (Å²) in [5.41, 5.74) is 0. The van der Waals surface area contributed by atoms with Gasteiger partial charge in [0.1, 0.15) is 6.17 Å². The molecule has 0 spiro atoms. The molecular weight excluding hydrogens is 231 g/mol. The van der Waals surface area contributed by atoms with E-state index in [2.05, 4.69) is 10.6 Å². The van der Waals surface area contributed by atoms with Gasteiger partial charge in [-0.05, 0) is 12.8 Å². The molecule has 2 N–H and O–H groups in total. The second-order valence-corrected chi connectivity index (χ2v) is 4.64. The average Bonchev–Trinajstić information content (AvgIpc) is 2.66. The second kappa shape index (κ2) is 6.40. The van der Waals surface area contributed by atoms with Gasteiger partial charge in [-0.25, -0.2) is 4.39 Å². The maximum absolute atomic E-state index is 12.9. The zero-order valence-corrected chi connectivity index (χ0v) is 10.2. The minimum Gasteiger partial charge on any atom is -0.352 e. The van der Waals surface area contributed by atoms with Crippen molar-refractivity contribution >= 4 is 18.3 Å². The predicted octanol–water partition coefficient (Wildman–Crippen LogP) is 1.56. The zero-order chi connectivity index (χ0) is 10.7. The Hall–Kier alpha value is -0.350. The van der Waals surface area contributed by atoms with E-state index in [0.29, 0.717) is 19.0 Å². The quantitative estimate of drug-likeness (QED) is 0.781. The summed E-state index contributed by atoms with van der Waals surface area (Å²) >= 11 is 0. The lowest BCUT2D eigenvalue weighted by atomic mass is 9.95. The Balaban J connectivity index is 0.00000128. The van der Waals surface area contributed by atoms with Gasteiger partial charge >= 0.3 is 0 Å². The highest BCUT2D eigenvalue weighted by Crippen LogP contribution is 2.18. The topological polar surface area (TPSA) is 41.1 Å². The Morgan fingerprint density at radius 1 is 1.25 bits per heavy atom. The number of rotatable bonds is 2. The van der Waals surface area contributed by atoms with Gasteiger partial charge in [0.2, 0.25) is 5.91 Å². The molecule has 3 nitrogen and oxygen atoms in total. The summed E-state index contributed by atoms with van der Waals surface area (Å²) in [6, 6.07) is 0.0219. The van der Waals surface area contributed by atoms with Crippen LogP contribution >= 0.6 is 12.4 Å². The fourth-order valence-corrected chi connectivity index (χ4v) is 2.44. The third-order valence-corrected chi connectivity index (χ3v) is 3.35. The second-order valence-electron chi connectivity index (χ2n) is 4.64. The maximum Gasteiger partial charge on any atom is 0.237 e. The number of halogens is 2. The van der Waals surface area contributed by atoms with Crippen LogP contribution < -0.4 is 10.6 Å². The minimum atomic E-state index is -0.855. The van der Waals surface area contributed by atoms with E-state index in [4.69, 9.17) is 0 Å². The number of amides is 1. The lowest BCUT2D eigenvalue weighted by Gasteiger charge is -2.24. The lowest BCUT2D eigenvalue weighted by molar-refractivity contribution is -0.123. The molecule has 2 rings (SSSR count). The van der Waals surface area contributed by atoms with Gasteiger partial charge in [-0.1, -0.05) is 19.3 Å². The largest absolute Gasteiger partial charge is 0.352 e. The highest BCUT2D eigenvalue weighted by molar-refractivity contribution is 5.85. The standard InChI is InChI=1S/C11H19FN2O.ClH/c12-8-6-10(13-7-8)11(15)14-9-4-2-1-3-5-9;/h8-10,13H,1-7H2,(H,14,15);1H/t8-,10+;/m1./s1. The molecule has 2 aliphatic rings. The third kappa shape index (κ3) is 3.59. The summed E-state index contributed by atoms with van der Waals surface area (Å²) in [6.07, 6.45) is 5.32. The van der Waals surface area contributed by atoms with E-state index in [-0.39, 0.29) is 24.4 Å². The van der Waals surface area contributed by atoms with Gasteiger partial charge in [-0.2, -0.15) is 0 Å². The third-order valence-electron chi connectivity index (χ3n) is 3.35. The molecule has 2 fully saturated rings. The minimum absolute atomic E-state index is 0. The molecule has 1 saturated carbocycles. The van der Waals surface area contributed by atoms with Crippen molar-refractivity contribution < 1.29 is 9.18 Å². The van der Waals surface area contributed by atoms with Crippen LogP contribution in [0.3, 0.4) is 0 Å². The summed E-state index contributed by atoms with van der Waals surface area (Å²) in [4.78, 5) is 11.7. The van der Waals surface area contributed by atoms with Gasteiger partial charge in [-0.3, -0.25) is 4.79 Å². The normalized spacial score (nSPS) is 30.8. The van der Waals surface area contributed by atoms with Crippen LogP contribution in [0.15, 0.2) is 0 Å². The first-order valence-corrected chi connectivity index (χ1v) is 5.93. The Morgan fingerprint density at radius 3 is 2.50 bits per heavy atom. The van der Waals surface area contributed by atoms with Crippen molar-refractivity contribution in [1.29, 1.82) is 0 Å². The molecule has 0 unspecified atom stereocenters. The van der Waals surface area contributed by atoms with Crippen molar-refractivity contribution in [3.63, 3.8) is 0 Å². The molecular formula is C11H20ClFN2O. The first kappa shape index (κ1) is 13.7. The van der Waals surface area contributed by atoms with Crippen LogP contribution in [0.4, 0.5) is 4.39 Å². The highest BCUT2D eigenvalue weighted by Gasteiger charge is 2.30. The molecule has 0 aromatic heterocycles. The number of carbonyl (C=O) groups is 1. The molecule has 2 atom stereocenters. The molecule has 5 heteroatoms. The maximum atomic E-state index is 12.9. The van der Waals surface area contributed by atoms with E-state index < -0.39 is 6.17 Å². The number of nitrogens with one attached hydrogen (secondary N) is 2. The first-order valence-electron chi connectivity index (χ1n) is 5.93. The van der Waals surface area contributed by atoms with Gasteiger partial charge in [0.15, 0.2) is 0 Å². The van der Waals surface area contributed by atoms with E-state index in [0.717, 1.165) is 12.8 Å². The van der Waals surface area contributed by atoms with Gasteiger partial charge in [-0.15, -0.1) is 12.4 Å². The van der Waals surface area contributed by atoms with Crippen LogP contribution in [0.1, 0.15) is 38.5 Å². The number of hydrogen-bond acceptors (Lipinski definition) is 2. The molecule has 1 amide bonds. The molecule has 0 radical (unpaired) electrons. The molecule has 1 heterocycles. The van der Waals surface area contributed by atoms with Crippen LogP contribution in [-0.4, -0.2) is 30.7 Å². The smallest absolute Gasteiger partial charge is 0.237 e. The summed E-state index contributed by atoms with van der Waals surface area (Å²) in [5, 5.41) is 5.92. The fraction of sp³-hybridized carbons (Fsp3) is 0.909. The Morgan fingerprint density at radius 2 is 1.94 bits per heavy atom. The van der Waals surface area contributed by atoms with Crippen LogP contribution in [0.25, 0.3) is 0 Å². The van der Waals surface area contributed by atoms with Gasteiger partial charge < -0.3 is 10.6 Å². The molecule has 0 aromatic rings. The van der Waals surface area contributed by atoms with E-state index >= 15 is 0 Å². The van der Waals surface area contributed by atoms with Crippen LogP contribution in [-0.2, 0) is 4.79 Å². The Bertz CT molecular complexity index is 234. The molecule has 1 aliphatic carbocycles. The molecule has 0 bridgehead atoms. The molecule has 16 heavy (non-hydrogen) atoms. The van der Waals surface area contributed by atoms with E-state index in [1.165, 1.54) is 19.3 Å². The van der Waals surface area contributed by atoms with Crippen LogP contribution in [0.2, 0.25) is 0 Å². The molecule has 0 aromatic carbocycles. The van der Waals surface area contributed by atoms with Gasteiger partial charge in [0.25, 0.3) is 0 Å². The van der Waals surface area contributed by atoms with Crippen molar-refractivity contribution in [2.75, 3.05) is 6.54 Å². The first-order chi connectivity index (χ1) is 7.25. The SMILES string of the molecule is Cl.O=C(NC1CCCCC1)[C@@H]1C[C@@H](F)CN1. The summed E-state index contributed by atoms with van der Waals surface area (Å²) in [6.45, 7) is 0.322. The zero-order valence-electron chi connectivity index (χ0n) is 9.38. The summed E-state index contributed by atoms with van der Waals surface area (Å²) in [7, 11) is 0. The van der Waals surface area contributed by atoms with Gasteiger partial charge in [0, 0.05) is 19.0 Å². The summed E-state index contributed by atoms with van der Waals surface area (Å²) in [5.74, 6) is -0.0120. The average molecular weight is 251 g/mol. The predicted molar refractivity (Wildman–Crippen MR) is 63.6 cm³/mol. The Labute approximate surface area is 102 Å². The number of carbonyl (C=O) groups excluding carboxylic acids is 1. The van der Waals surface area contributed by atoms with Gasteiger partial charge in [0.05, 0.1) is 6.04 Å². The van der Waals surface area contributed by atoms with Crippen molar-refractivity contribution in [2.24, 2.45) is 0 Å². The van der Waals surface area contributed by atoms with Crippen molar-refractivity contribution in [3.05, 3.63) is 0 Å².